The average Bonchev–Trinajstić information content (AvgIpc) is 2.31. The lowest BCUT2D eigenvalue weighted by molar-refractivity contribution is -0.384. The lowest BCUT2D eigenvalue weighted by Gasteiger charge is -2.22. The smallest absolute Gasteiger partial charge is 0.271 e. The summed E-state index contributed by atoms with van der Waals surface area (Å²) in [5, 5.41) is 19.4. The van der Waals surface area contributed by atoms with Crippen molar-refractivity contribution in [3.63, 3.8) is 0 Å². The number of hydrogen-bond acceptors (Lipinski definition) is 4. The largest absolute Gasteiger partial charge is 0.370 e. The fourth-order valence-electron chi connectivity index (χ4n) is 1.50. The Labute approximate surface area is 104 Å². The molecule has 0 fully saturated rings. The molecule has 0 aliphatic carbocycles. The zero-order valence-corrected chi connectivity index (χ0v) is 10.1. The Morgan fingerprint density at radius 3 is 2.76 bits per heavy atom. The van der Waals surface area contributed by atoms with E-state index < -0.39 is 4.92 Å². The fraction of sp³-hybridized carbons (Fsp3) is 0.364. The second kappa shape index (κ2) is 6.06. The first-order chi connectivity index (χ1) is 8.10. The van der Waals surface area contributed by atoms with Crippen LogP contribution < -0.4 is 4.90 Å². The molecule has 6 heteroatoms. The third kappa shape index (κ3) is 3.33. The number of anilines is 1. The summed E-state index contributed by atoms with van der Waals surface area (Å²) < 4.78 is 0. The van der Waals surface area contributed by atoms with Crippen LogP contribution in [0.25, 0.3) is 0 Å². The van der Waals surface area contributed by atoms with Crippen molar-refractivity contribution >= 4 is 23.0 Å². The Hall–Kier alpha value is -1.80. The molecule has 0 radical (unpaired) electrons. The first-order valence-corrected chi connectivity index (χ1v) is 5.53. The molecule has 0 bridgehead atoms. The summed E-state index contributed by atoms with van der Waals surface area (Å²) in [6.45, 7) is 3.19. The standard InChI is InChI=1S/C11H12ClN3O2/c1-2-14(7-3-6-13)11-5-4-9(15(16)17)8-10(11)12/h4-5,8H,2-3,7H2,1H3. The molecule has 0 unspecified atom stereocenters. The summed E-state index contributed by atoms with van der Waals surface area (Å²) in [7, 11) is 0. The molecule has 0 atom stereocenters. The lowest BCUT2D eigenvalue weighted by atomic mass is 10.2. The third-order valence-electron chi connectivity index (χ3n) is 2.36. The van der Waals surface area contributed by atoms with E-state index in [1.54, 1.807) is 6.07 Å². The molecule has 1 aromatic rings. The number of non-ortho nitro benzene ring substituents is 1. The van der Waals surface area contributed by atoms with Crippen molar-refractivity contribution in [1.82, 2.24) is 0 Å². The van der Waals surface area contributed by atoms with Gasteiger partial charge in [0.1, 0.15) is 0 Å². The number of benzene rings is 1. The first kappa shape index (κ1) is 13.3. The van der Waals surface area contributed by atoms with E-state index in [0.29, 0.717) is 24.5 Å². The number of halogens is 1. The van der Waals surface area contributed by atoms with Crippen molar-refractivity contribution in [1.29, 1.82) is 5.26 Å². The van der Waals surface area contributed by atoms with Gasteiger partial charge in [-0.25, -0.2) is 0 Å². The van der Waals surface area contributed by atoms with Crippen LogP contribution in [0.3, 0.4) is 0 Å². The minimum Gasteiger partial charge on any atom is -0.370 e. The van der Waals surface area contributed by atoms with E-state index in [1.165, 1.54) is 12.1 Å². The predicted octanol–water partition coefficient (Wildman–Crippen LogP) is 2.99. The van der Waals surface area contributed by atoms with Crippen LogP contribution in [0.4, 0.5) is 11.4 Å². The van der Waals surface area contributed by atoms with E-state index in [-0.39, 0.29) is 5.69 Å². The minimum absolute atomic E-state index is 0.0323. The Morgan fingerprint density at radius 1 is 1.59 bits per heavy atom. The molecule has 1 aromatic carbocycles. The molecule has 0 saturated carbocycles. The van der Waals surface area contributed by atoms with Gasteiger partial charge in [0.25, 0.3) is 5.69 Å². The predicted molar refractivity (Wildman–Crippen MR) is 66.2 cm³/mol. The summed E-state index contributed by atoms with van der Waals surface area (Å²) >= 11 is 6.00. The Balaban J connectivity index is 2.97. The Bertz CT molecular complexity index is 457. The topological polar surface area (TPSA) is 70.2 Å². The van der Waals surface area contributed by atoms with E-state index in [9.17, 15) is 10.1 Å². The number of hydrogen-bond donors (Lipinski definition) is 0. The van der Waals surface area contributed by atoms with Crippen LogP contribution in [0, 0.1) is 21.4 Å². The van der Waals surface area contributed by atoms with Crippen molar-refractivity contribution in [2.45, 2.75) is 13.3 Å². The SMILES string of the molecule is CCN(CCC#N)c1ccc([N+](=O)[O-])cc1Cl. The highest BCUT2D eigenvalue weighted by molar-refractivity contribution is 6.33. The van der Waals surface area contributed by atoms with Gasteiger partial charge in [0.15, 0.2) is 0 Å². The van der Waals surface area contributed by atoms with Crippen LogP contribution in [-0.2, 0) is 0 Å². The molecule has 1 rings (SSSR count). The monoisotopic (exact) mass is 253 g/mol. The van der Waals surface area contributed by atoms with E-state index in [1.807, 2.05) is 11.8 Å². The van der Waals surface area contributed by atoms with Gasteiger partial charge < -0.3 is 4.90 Å². The van der Waals surface area contributed by atoms with Gasteiger partial charge in [-0.15, -0.1) is 0 Å². The zero-order valence-electron chi connectivity index (χ0n) is 9.39. The van der Waals surface area contributed by atoms with Gasteiger partial charge >= 0.3 is 0 Å². The first-order valence-electron chi connectivity index (χ1n) is 5.16. The van der Waals surface area contributed by atoms with Crippen LogP contribution in [0.15, 0.2) is 18.2 Å². The summed E-state index contributed by atoms with van der Waals surface area (Å²) in [6.07, 6.45) is 0.390. The van der Waals surface area contributed by atoms with Gasteiger partial charge in [0, 0.05) is 25.2 Å². The van der Waals surface area contributed by atoms with Gasteiger partial charge in [-0.3, -0.25) is 10.1 Å². The second-order valence-electron chi connectivity index (χ2n) is 3.38. The van der Waals surface area contributed by atoms with Crippen LogP contribution in [0.2, 0.25) is 5.02 Å². The average molecular weight is 254 g/mol. The number of nitro groups is 1. The van der Waals surface area contributed by atoms with Gasteiger partial charge in [-0.2, -0.15) is 5.26 Å². The summed E-state index contributed by atoms with van der Waals surface area (Å²) in [5.74, 6) is 0. The molecule has 0 spiro atoms. The molecule has 5 nitrogen and oxygen atoms in total. The Kier molecular flexibility index (Phi) is 4.73. The third-order valence-corrected chi connectivity index (χ3v) is 2.66. The van der Waals surface area contributed by atoms with E-state index in [2.05, 4.69) is 6.07 Å². The fourth-order valence-corrected chi connectivity index (χ4v) is 1.79. The highest BCUT2D eigenvalue weighted by Gasteiger charge is 2.13. The van der Waals surface area contributed by atoms with Gasteiger partial charge in [0.05, 0.1) is 28.1 Å². The van der Waals surface area contributed by atoms with Gasteiger partial charge in [0.2, 0.25) is 0 Å². The summed E-state index contributed by atoms with van der Waals surface area (Å²) in [5.41, 5.74) is 0.685. The van der Waals surface area contributed by atoms with Crippen LogP contribution in [0.5, 0.6) is 0 Å². The lowest BCUT2D eigenvalue weighted by Crippen LogP contribution is -2.23. The van der Waals surface area contributed by atoms with E-state index in [0.717, 1.165) is 5.69 Å². The van der Waals surface area contributed by atoms with Crippen LogP contribution in [0.1, 0.15) is 13.3 Å². The van der Waals surface area contributed by atoms with Crippen molar-refractivity contribution in [3.8, 4) is 6.07 Å². The molecule has 0 saturated heterocycles. The highest BCUT2D eigenvalue weighted by atomic mass is 35.5. The number of nitrogens with zero attached hydrogens (tertiary/aromatic N) is 3. The molecule has 0 heterocycles. The molecule has 0 aliphatic rings. The molecule has 0 aromatic heterocycles. The maximum Gasteiger partial charge on any atom is 0.271 e. The van der Waals surface area contributed by atoms with E-state index >= 15 is 0 Å². The number of nitriles is 1. The van der Waals surface area contributed by atoms with Crippen LogP contribution >= 0.6 is 11.6 Å². The van der Waals surface area contributed by atoms with E-state index in [4.69, 9.17) is 16.9 Å². The molecule has 0 amide bonds. The summed E-state index contributed by atoms with van der Waals surface area (Å²) in [6, 6.07) is 6.41. The number of rotatable bonds is 5. The van der Waals surface area contributed by atoms with Crippen LogP contribution in [-0.4, -0.2) is 18.0 Å². The minimum atomic E-state index is -0.485. The molecule has 17 heavy (non-hydrogen) atoms. The Morgan fingerprint density at radius 2 is 2.29 bits per heavy atom. The quantitative estimate of drug-likeness (QED) is 0.597. The maximum absolute atomic E-state index is 10.6. The summed E-state index contributed by atoms with van der Waals surface area (Å²) in [4.78, 5) is 12.0. The highest BCUT2D eigenvalue weighted by Crippen LogP contribution is 2.29. The maximum atomic E-state index is 10.6. The normalized spacial score (nSPS) is 9.71. The molecule has 90 valence electrons. The van der Waals surface area contributed by atoms with Crippen molar-refractivity contribution in [3.05, 3.63) is 33.3 Å². The molecular weight excluding hydrogens is 242 g/mol. The molecule has 0 N–H and O–H groups in total. The van der Waals surface area contributed by atoms with Gasteiger partial charge in [-0.05, 0) is 13.0 Å². The molecule has 0 aliphatic heterocycles. The number of nitro benzene ring substituents is 1. The van der Waals surface area contributed by atoms with Crippen molar-refractivity contribution in [2.24, 2.45) is 0 Å². The molecular formula is C11H12ClN3O2. The van der Waals surface area contributed by atoms with Crippen molar-refractivity contribution < 1.29 is 4.92 Å². The zero-order chi connectivity index (χ0) is 12.8. The second-order valence-corrected chi connectivity index (χ2v) is 3.79. The van der Waals surface area contributed by atoms with Gasteiger partial charge in [-0.1, -0.05) is 11.6 Å². The van der Waals surface area contributed by atoms with Crippen molar-refractivity contribution in [2.75, 3.05) is 18.0 Å².